The molecule has 0 aromatic heterocycles. The van der Waals surface area contributed by atoms with Crippen molar-refractivity contribution in [3.63, 3.8) is 0 Å². The van der Waals surface area contributed by atoms with Gasteiger partial charge < -0.3 is 4.74 Å². The first-order valence-corrected chi connectivity index (χ1v) is 5.34. The molecule has 0 radical (unpaired) electrons. The second-order valence-electron chi connectivity index (χ2n) is 3.64. The number of benzene rings is 1. The summed E-state index contributed by atoms with van der Waals surface area (Å²) >= 11 is 0. The first-order chi connectivity index (χ1) is 9.18. The van der Waals surface area contributed by atoms with Gasteiger partial charge in [0, 0.05) is 6.07 Å². The minimum absolute atomic E-state index is 0.202. The van der Waals surface area contributed by atoms with Crippen molar-refractivity contribution in [3.8, 4) is 0 Å². The zero-order valence-electron chi connectivity index (χ0n) is 10.1. The number of rotatable bonds is 4. The van der Waals surface area contributed by atoms with Gasteiger partial charge in [-0.3, -0.25) is 10.1 Å². The van der Waals surface area contributed by atoms with Crippen LogP contribution in [0.25, 0.3) is 0 Å². The van der Waals surface area contributed by atoms with E-state index in [4.69, 9.17) is 0 Å². The van der Waals surface area contributed by atoms with Gasteiger partial charge >= 0.3 is 12.1 Å². The van der Waals surface area contributed by atoms with E-state index in [0.29, 0.717) is 12.1 Å². The van der Waals surface area contributed by atoms with Crippen LogP contribution in [0.15, 0.2) is 18.2 Å². The molecule has 0 aliphatic carbocycles. The third kappa shape index (κ3) is 3.43. The molecule has 0 saturated carbocycles. The number of nitro benzene ring substituents is 1. The third-order valence-corrected chi connectivity index (χ3v) is 2.32. The Morgan fingerprint density at radius 2 is 2.05 bits per heavy atom. The predicted molar refractivity (Wildman–Crippen MR) is 58.6 cm³/mol. The number of esters is 1. The lowest BCUT2D eigenvalue weighted by atomic mass is 10.0. The molecular weight excluding hydrogens is 286 g/mol. The van der Waals surface area contributed by atoms with Gasteiger partial charge in [0.2, 0.25) is 6.17 Å². The third-order valence-electron chi connectivity index (χ3n) is 2.32. The smallest absolute Gasteiger partial charge is 0.416 e. The Morgan fingerprint density at radius 1 is 1.45 bits per heavy atom. The van der Waals surface area contributed by atoms with Crippen molar-refractivity contribution < 1.29 is 32.0 Å². The van der Waals surface area contributed by atoms with Crippen LogP contribution in [0.1, 0.15) is 24.2 Å². The second-order valence-corrected chi connectivity index (χ2v) is 3.64. The molecular formula is C11H9F4NO4. The van der Waals surface area contributed by atoms with Gasteiger partial charge in [-0.2, -0.15) is 13.2 Å². The molecule has 110 valence electrons. The second kappa shape index (κ2) is 5.85. The van der Waals surface area contributed by atoms with E-state index in [2.05, 4.69) is 4.74 Å². The van der Waals surface area contributed by atoms with Gasteiger partial charge in [0.25, 0.3) is 5.69 Å². The van der Waals surface area contributed by atoms with Crippen LogP contribution in [0.3, 0.4) is 0 Å². The molecule has 0 aliphatic heterocycles. The van der Waals surface area contributed by atoms with Gasteiger partial charge in [0.1, 0.15) is 0 Å². The lowest BCUT2D eigenvalue weighted by Crippen LogP contribution is -2.15. The molecule has 1 atom stereocenters. The zero-order valence-corrected chi connectivity index (χ0v) is 10.1. The standard InChI is InChI=1S/C11H9F4NO4/c1-2-20-10(17)9(12)7-5-6(11(13,14)15)3-4-8(7)16(18)19/h3-5,9H,2H2,1H3. The van der Waals surface area contributed by atoms with Gasteiger partial charge in [-0.1, -0.05) is 0 Å². The van der Waals surface area contributed by atoms with E-state index < -0.39 is 40.1 Å². The molecule has 1 aromatic rings. The highest BCUT2D eigenvalue weighted by Gasteiger charge is 2.36. The number of ether oxygens (including phenoxy) is 1. The molecule has 0 fully saturated rings. The van der Waals surface area contributed by atoms with E-state index in [1.54, 1.807) is 0 Å². The summed E-state index contributed by atoms with van der Waals surface area (Å²) in [4.78, 5) is 20.8. The zero-order chi connectivity index (χ0) is 15.5. The Kier molecular flexibility index (Phi) is 4.64. The number of hydrogen-bond acceptors (Lipinski definition) is 4. The van der Waals surface area contributed by atoms with Crippen LogP contribution in [0, 0.1) is 10.1 Å². The van der Waals surface area contributed by atoms with Crippen molar-refractivity contribution >= 4 is 11.7 Å². The Bertz CT molecular complexity index is 530. The van der Waals surface area contributed by atoms with Crippen LogP contribution in [0.4, 0.5) is 23.2 Å². The van der Waals surface area contributed by atoms with Gasteiger partial charge in [0.15, 0.2) is 0 Å². The average molecular weight is 295 g/mol. The fourth-order valence-corrected chi connectivity index (χ4v) is 1.44. The topological polar surface area (TPSA) is 69.4 Å². The van der Waals surface area contributed by atoms with Gasteiger partial charge in [-0.25, -0.2) is 9.18 Å². The van der Waals surface area contributed by atoms with Crippen LogP contribution in [-0.4, -0.2) is 17.5 Å². The fourth-order valence-electron chi connectivity index (χ4n) is 1.44. The Labute approximate surface area is 110 Å². The molecule has 0 bridgehead atoms. The average Bonchev–Trinajstić information content (AvgIpc) is 2.36. The molecule has 1 rings (SSSR count). The molecule has 9 heteroatoms. The minimum Gasteiger partial charge on any atom is -0.464 e. The molecule has 5 nitrogen and oxygen atoms in total. The summed E-state index contributed by atoms with van der Waals surface area (Å²) in [6.07, 6.45) is -7.46. The van der Waals surface area contributed by atoms with Crippen molar-refractivity contribution in [2.75, 3.05) is 6.61 Å². The Balaban J connectivity index is 3.32. The maximum absolute atomic E-state index is 13.8. The number of nitrogens with zero attached hydrogens (tertiary/aromatic N) is 1. The fraction of sp³-hybridized carbons (Fsp3) is 0.364. The quantitative estimate of drug-likeness (QED) is 0.370. The maximum atomic E-state index is 13.8. The SMILES string of the molecule is CCOC(=O)C(F)c1cc(C(F)(F)F)ccc1[N+](=O)[O-]. The van der Waals surface area contributed by atoms with Crippen LogP contribution >= 0.6 is 0 Å². The number of alkyl halides is 4. The molecule has 0 aliphatic rings. The maximum Gasteiger partial charge on any atom is 0.416 e. The first kappa shape index (κ1) is 15.9. The number of carbonyl (C=O) groups is 1. The monoisotopic (exact) mass is 295 g/mol. The van der Waals surface area contributed by atoms with Crippen LogP contribution < -0.4 is 0 Å². The summed E-state index contributed by atoms with van der Waals surface area (Å²) in [7, 11) is 0. The number of hydrogen-bond donors (Lipinski definition) is 0. The molecule has 0 N–H and O–H groups in total. The van der Waals surface area contributed by atoms with Crippen LogP contribution in [0.5, 0.6) is 0 Å². The van der Waals surface area contributed by atoms with Crippen molar-refractivity contribution in [1.29, 1.82) is 0 Å². The van der Waals surface area contributed by atoms with E-state index in [1.807, 2.05) is 0 Å². The van der Waals surface area contributed by atoms with E-state index in [0.717, 1.165) is 0 Å². The normalized spacial score (nSPS) is 12.8. The summed E-state index contributed by atoms with van der Waals surface area (Å²) in [6, 6.07) is 1.18. The Morgan fingerprint density at radius 3 is 2.50 bits per heavy atom. The molecule has 0 heterocycles. The van der Waals surface area contributed by atoms with Crippen molar-refractivity contribution in [3.05, 3.63) is 39.4 Å². The molecule has 1 aromatic carbocycles. The summed E-state index contributed by atoms with van der Waals surface area (Å²) in [5, 5.41) is 10.7. The van der Waals surface area contributed by atoms with Gasteiger partial charge in [-0.15, -0.1) is 0 Å². The van der Waals surface area contributed by atoms with Crippen molar-refractivity contribution in [1.82, 2.24) is 0 Å². The van der Waals surface area contributed by atoms with Crippen LogP contribution in [-0.2, 0) is 15.7 Å². The lowest BCUT2D eigenvalue weighted by molar-refractivity contribution is -0.386. The molecule has 0 amide bonds. The molecule has 1 unspecified atom stereocenters. The molecule has 0 saturated heterocycles. The summed E-state index contributed by atoms with van der Waals surface area (Å²) in [5.74, 6) is -1.48. The molecule has 20 heavy (non-hydrogen) atoms. The highest BCUT2D eigenvalue weighted by atomic mass is 19.4. The van der Waals surface area contributed by atoms with Gasteiger partial charge in [0.05, 0.1) is 22.7 Å². The number of halogens is 4. The lowest BCUT2D eigenvalue weighted by Gasteiger charge is -2.11. The van der Waals surface area contributed by atoms with E-state index in [-0.39, 0.29) is 12.7 Å². The van der Waals surface area contributed by atoms with Crippen molar-refractivity contribution in [2.24, 2.45) is 0 Å². The van der Waals surface area contributed by atoms with E-state index >= 15 is 0 Å². The number of carbonyl (C=O) groups excluding carboxylic acids is 1. The summed E-state index contributed by atoms with van der Waals surface area (Å²) in [5.41, 5.74) is -3.19. The summed E-state index contributed by atoms with van der Waals surface area (Å²) in [6.45, 7) is 1.16. The van der Waals surface area contributed by atoms with E-state index in [9.17, 15) is 32.5 Å². The highest BCUT2D eigenvalue weighted by Crippen LogP contribution is 2.36. The summed E-state index contributed by atoms with van der Waals surface area (Å²) < 4.78 is 55.6. The highest BCUT2D eigenvalue weighted by molar-refractivity contribution is 5.78. The minimum atomic E-state index is -4.81. The Hall–Kier alpha value is -2.19. The predicted octanol–water partition coefficient (Wildman–Crippen LogP) is 3.19. The first-order valence-electron chi connectivity index (χ1n) is 5.34. The van der Waals surface area contributed by atoms with Crippen LogP contribution in [0.2, 0.25) is 0 Å². The van der Waals surface area contributed by atoms with Crippen molar-refractivity contribution in [2.45, 2.75) is 19.3 Å². The molecule has 0 spiro atoms. The van der Waals surface area contributed by atoms with Gasteiger partial charge in [-0.05, 0) is 19.1 Å². The number of nitro groups is 1. The van der Waals surface area contributed by atoms with E-state index in [1.165, 1.54) is 6.92 Å². The largest absolute Gasteiger partial charge is 0.464 e.